The molecule has 0 saturated carbocycles. The highest BCUT2D eigenvalue weighted by molar-refractivity contribution is 7.88. The van der Waals surface area contributed by atoms with Gasteiger partial charge < -0.3 is 0 Å². The van der Waals surface area contributed by atoms with Crippen LogP contribution in [-0.2, 0) is 16.6 Å². The second kappa shape index (κ2) is 7.96. The zero-order valence-corrected chi connectivity index (χ0v) is 14.4. The summed E-state index contributed by atoms with van der Waals surface area (Å²) in [5.74, 6) is -3.60. The summed E-state index contributed by atoms with van der Waals surface area (Å²) in [4.78, 5) is 1.29. The van der Waals surface area contributed by atoms with E-state index in [-0.39, 0.29) is 25.2 Å². The van der Waals surface area contributed by atoms with Gasteiger partial charge in [0.2, 0.25) is 10.0 Å². The molecule has 25 heavy (non-hydrogen) atoms. The summed E-state index contributed by atoms with van der Waals surface area (Å²) >= 11 is 0. The van der Waals surface area contributed by atoms with Crippen molar-refractivity contribution in [2.75, 3.05) is 25.9 Å². The molecular weight excluding hydrogens is 367 g/mol. The van der Waals surface area contributed by atoms with Crippen LogP contribution in [-0.4, -0.2) is 56.0 Å². The molecule has 4 nitrogen and oxygen atoms in total. The van der Waals surface area contributed by atoms with Gasteiger partial charge >= 0.3 is 0 Å². The van der Waals surface area contributed by atoms with Crippen molar-refractivity contribution in [1.82, 2.24) is 9.21 Å². The molecule has 0 spiro atoms. The van der Waals surface area contributed by atoms with E-state index in [2.05, 4.69) is 0 Å². The van der Waals surface area contributed by atoms with E-state index in [9.17, 15) is 30.4 Å². The van der Waals surface area contributed by atoms with E-state index < -0.39 is 46.5 Å². The highest BCUT2D eigenvalue weighted by atomic mass is 32.2. The van der Waals surface area contributed by atoms with Gasteiger partial charge in [-0.05, 0) is 18.9 Å². The van der Waals surface area contributed by atoms with Crippen molar-refractivity contribution in [3.63, 3.8) is 0 Å². The van der Waals surface area contributed by atoms with Gasteiger partial charge in [-0.3, -0.25) is 4.90 Å². The first-order chi connectivity index (χ1) is 11.6. The smallest absolute Gasteiger partial charge is 0.251 e. The average Bonchev–Trinajstić information content (AvgIpc) is 2.50. The minimum absolute atomic E-state index is 0.170. The first-order valence-corrected chi connectivity index (χ1v) is 9.53. The average molecular weight is 386 g/mol. The minimum atomic E-state index is -3.36. The lowest BCUT2D eigenvalue weighted by atomic mass is 10.0. The summed E-state index contributed by atoms with van der Waals surface area (Å²) in [6.07, 6.45) is -1.03. The molecule has 0 amide bonds. The number of hydrogen-bond acceptors (Lipinski definition) is 3. The van der Waals surface area contributed by atoms with Gasteiger partial charge in [-0.2, -0.15) is 0 Å². The summed E-state index contributed by atoms with van der Waals surface area (Å²) in [5.41, 5.74) is -0.218. The first-order valence-electron chi connectivity index (χ1n) is 7.68. The number of sulfonamides is 1. The molecule has 1 aliphatic heterocycles. The van der Waals surface area contributed by atoms with Gasteiger partial charge in [0.05, 0.1) is 12.8 Å². The van der Waals surface area contributed by atoms with Crippen molar-refractivity contribution in [1.29, 1.82) is 0 Å². The third kappa shape index (κ3) is 5.35. The number of rotatable bonds is 6. The van der Waals surface area contributed by atoms with E-state index in [0.29, 0.717) is 25.0 Å². The van der Waals surface area contributed by atoms with Crippen LogP contribution in [0.5, 0.6) is 0 Å². The molecule has 10 heteroatoms. The largest absolute Gasteiger partial charge is 0.290 e. The van der Waals surface area contributed by atoms with Crippen LogP contribution in [0.1, 0.15) is 18.4 Å². The van der Waals surface area contributed by atoms with Gasteiger partial charge in [-0.1, -0.05) is 0 Å². The Hall–Kier alpha value is -1.26. The molecular formula is C15H19F5N2O2S. The lowest BCUT2D eigenvalue weighted by Crippen LogP contribution is -2.47. The molecule has 0 bridgehead atoms. The Kier molecular flexibility index (Phi) is 6.39. The maximum atomic E-state index is 13.8. The fourth-order valence-corrected chi connectivity index (χ4v) is 3.84. The second-order valence-corrected chi connectivity index (χ2v) is 8.05. The van der Waals surface area contributed by atoms with Crippen molar-refractivity contribution in [3.05, 3.63) is 35.1 Å². The summed E-state index contributed by atoms with van der Waals surface area (Å²) in [6, 6.07) is 0.645. The van der Waals surface area contributed by atoms with Crippen LogP contribution in [0.15, 0.2) is 12.1 Å². The monoisotopic (exact) mass is 386 g/mol. The molecule has 1 aromatic carbocycles. The Morgan fingerprint density at radius 2 is 1.68 bits per heavy atom. The predicted octanol–water partition coefficient (Wildman–Crippen LogP) is 2.60. The Bertz CT molecular complexity index is 706. The van der Waals surface area contributed by atoms with Crippen LogP contribution >= 0.6 is 0 Å². The highest BCUT2D eigenvalue weighted by Crippen LogP contribution is 2.23. The van der Waals surface area contributed by atoms with Gasteiger partial charge in [-0.25, -0.2) is 34.7 Å². The maximum Gasteiger partial charge on any atom is 0.251 e. The van der Waals surface area contributed by atoms with Gasteiger partial charge in [0.25, 0.3) is 6.43 Å². The minimum Gasteiger partial charge on any atom is -0.290 e. The van der Waals surface area contributed by atoms with E-state index in [4.69, 9.17) is 0 Å². The number of piperidine rings is 1. The zero-order chi connectivity index (χ0) is 18.8. The van der Waals surface area contributed by atoms with Crippen molar-refractivity contribution in [2.24, 2.45) is 0 Å². The van der Waals surface area contributed by atoms with E-state index >= 15 is 0 Å². The first kappa shape index (κ1) is 20.1. The Morgan fingerprint density at radius 3 is 2.20 bits per heavy atom. The summed E-state index contributed by atoms with van der Waals surface area (Å²) in [6.45, 7) is -0.633. The molecule has 0 aliphatic carbocycles. The number of benzene rings is 1. The molecule has 0 atom stereocenters. The zero-order valence-electron chi connectivity index (χ0n) is 13.6. The summed E-state index contributed by atoms with van der Waals surface area (Å²) < 4.78 is 90.2. The van der Waals surface area contributed by atoms with E-state index in [1.807, 2.05) is 0 Å². The van der Waals surface area contributed by atoms with Crippen molar-refractivity contribution < 1.29 is 30.4 Å². The van der Waals surface area contributed by atoms with Crippen molar-refractivity contribution in [2.45, 2.75) is 31.9 Å². The van der Waals surface area contributed by atoms with Crippen molar-refractivity contribution in [3.8, 4) is 0 Å². The molecule has 142 valence electrons. The van der Waals surface area contributed by atoms with E-state index in [1.54, 1.807) is 0 Å². The quantitative estimate of drug-likeness (QED) is 0.558. The highest BCUT2D eigenvalue weighted by Gasteiger charge is 2.30. The number of nitrogens with zero attached hydrogens (tertiary/aromatic N) is 2. The molecule has 0 unspecified atom stereocenters. The maximum absolute atomic E-state index is 13.8. The van der Waals surface area contributed by atoms with Gasteiger partial charge in [0, 0.05) is 37.3 Å². The molecule has 0 radical (unpaired) electrons. The number of alkyl halides is 2. The van der Waals surface area contributed by atoms with Gasteiger partial charge in [0.15, 0.2) is 11.6 Å². The molecule has 1 aromatic rings. The Balaban J connectivity index is 2.14. The van der Waals surface area contributed by atoms with Crippen LogP contribution in [0, 0.1) is 17.5 Å². The third-order valence-corrected chi connectivity index (χ3v) is 5.55. The van der Waals surface area contributed by atoms with Crippen LogP contribution < -0.4 is 0 Å². The molecule has 2 rings (SSSR count). The van der Waals surface area contributed by atoms with Crippen molar-refractivity contribution >= 4 is 10.0 Å². The summed E-state index contributed by atoms with van der Waals surface area (Å²) in [7, 11) is -3.36. The van der Waals surface area contributed by atoms with Crippen LogP contribution in [0.2, 0.25) is 0 Å². The number of halogens is 5. The van der Waals surface area contributed by atoms with Gasteiger partial charge in [-0.15, -0.1) is 0 Å². The van der Waals surface area contributed by atoms with Crippen LogP contribution in [0.4, 0.5) is 22.0 Å². The van der Waals surface area contributed by atoms with E-state index in [1.165, 1.54) is 9.21 Å². The van der Waals surface area contributed by atoms with E-state index in [0.717, 1.165) is 6.26 Å². The SMILES string of the molecule is CS(=O)(=O)N1CCC(N(Cc2cc(F)c(F)cc2F)CC(F)F)CC1. The molecule has 0 aromatic heterocycles. The normalized spacial score (nSPS) is 17.6. The van der Waals surface area contributed by atoms with Crippen LogP contribution in [0.25, 0.3) is 0 Å². The fraction of sp³-hybridized carbons (Fsp3) is 0.600. The molecule has 1 fully saturated rings. The molecule has 1 aliphatic rings. The van der Waals surface area contributed by atoms with Gasteiger partial charge in [0.1, 0.15) is 5.82 Å². The third-order valence-electron chi connectivity index (χ3n) is 4.24. The summed E-state index contributed by atoms with van der Waals surface area (Å²) in [5, 5.41) is 0. The second-order valence-electron chi connectivity index (χ2n) is 6.07. The number of hydrogen-bond donors (Lipinski definition) is 0. The predicted molar refractivity (Wildman–Crippen MR) is 82.2 cm³/mol. The Morgan fingerprint density at radius 1 is 1.12 bits per heavy atom. The lowest BCUT2D eigenvalue weighted by Gasteiger charge is -2.37. The standard InChI is InChI=1S/C15H19F5N2O2S/c1-25(23,24)22-4-2-11(3-5-22)21(9-15(19)20)8-10-6-13(17)14(18)7-12(10)16/h6-7,11,15H,2-5,8-9H2,1H3. The molecule has 0 N–H and O–H groups in total. The topological polar surface area (TPSA) is 40.6 Å². The molecule has 1 heterocycles. The lowest BCUT2D eigenvalue weighted by molar-refractivity contribution is 0.0449. The molecule has 1 saturated heterocycles. The Labute approximate surface area is 143 Å². The fourth-order valence-electron chi connectivity index (χ4n) is 2.96. The van der Waals surface area contributed by atoms with Crippen LogP contribution in [0.3, 0.4) is 0 Å².